The smallest absolute Gasteiger partial charge is 0.346 e. The van der Waals surface area contributed by atoms with Gasteiger partial charge in [-0.05, 0) is 32.0 Å². The van der Waals surface area contributed by atoms with E-state index in [4.69, 9.17) is 13.9 Å². The summed E-state index contributed by atoms with van der Waals surface area (Å²) in [6.07, 6.45) is -0.748. The first-order valence-corrected chi connectivity index (χ1v) is 6.34. The topological polar surface area (TPSA) is 75.0 Å². The van der Waals surface area contributed by atoms with Crippen molar-refractivity contribution in [3.05, 3.63) is 29.5 Å². The minimum Gasteiger partial charge on any atom is -0.479 e. The van der Waals surface area contributed by atoms with E-state index in [1.807, 2.05) is 0 Å². The highest BCUT2D eigenvalue weighted by molar-refractivity contribution is 6.04. The average Bonchev–Trinajstić information content (AvgIpc) is 2.80. The van der Waals surface area contributed by atoms with E-state index < -0.39 is 18.0 Å². The standard InChI is InChI=1S/C15H16O6/c1-8-13(15(17)19-4)11-7-10(5-6-12(11)21-8)20-9(2)14(16)18-3/h5-7,9H,1-4H3. The van der Waals surface area contributed by atoms with Crippen LogP contribution in [-0.2, 0) is 14.3 Å². The molecule has 0 fully saturated rings. The molecule has 1 atom stereocenters. The van der Waals surface area contributed by atoms with Gasteiger partial charge in [0.05, 0.1) is 14.2 Å². The number of ether oxygens (including phenoxy) is 3. The largest absolute Gasteiger partial charge is 0.479 e. The lowest BCUT2D eigenvalue weighted by atomic mass is 10.1. The van der Waals surface area contributed by atoms with Gasteiger partial charge >= 0.3 is 11.9 Å². The molecule has 0 aliphatic heterocycles. The van der Waals surface area contributed by atoms with Gasteiger partial charge in [0.25, 0.3) is 0 Å². The predicted octanol–water partition coefficient (Wildman–Crippen LogP) is 2.47. The molecule has 0 bridgehead atoms. The second-order valence-electron chi connectivity index (χ2n) is 4.47. The Balaban J connectivity index is 2.40. The summed E-state index contributed by atoms with van der Waals surface area (Å²) in [4.78, 5) is 23.2. The van der Waals surface area contributed by atoms with Crippen molar-refractivity contribution in [1.29, 1.82) is 0 Å². The summed E-state index contributed by atoms with van der Waals surface area (Å²) < 4.78 is 20.3. The summed E-state index contributed by atoms with van der Waals surface area (Å²) in [6.45, 7) is 3.27. The van der Waals surface area contributed by atoms with Gasteiger partial charge in [0.15, 0.2) is 6.10 Å². The van der Waals surface area contributed by atoms with Gasteiger partial charge in [-0.15, -0.1) is 0 Å². The Bertz CT molecular complexity index is 685. The molecule has 21 heavy (non-hydrogen) atoms. The molecule has 0 radical (unpaired) electrons. The normalized spacial score (nSPS) is 12.0. The zero-order valence-corrected chi connectivity index (χ0v) is 12.3. The molecular weight excluding hydrogens is 276 g/mol. The number of rotatable bonds is 4. The second kappa shape index (κ2) is 5.87. The van der Waals surface area contributed by atoms with Crippen LogP contribution in [0.1, 0.15) is 23.0 Å². The predicted molar refractivity (Wildman–Crippen MR) is 74.4 cm³/mol. The van der Waals surface area contributed by atoms with E-state index in [0.717, 1.165) is 0 Å². The van der Waals surface area contributed by atoms with Crippen LogP contribution in [0.25, 0.3) is 11.0 Å². The van der Waals surface area contributed by atoms with E-state index >= 15 is 0 Å². The summed E-state index contributed by atoms with van der Waals surface area (Å²) in [7, 11) is 2.60. The number of hydrogen-bond donors (Lipinski definition) is 0. The van der Waals surface area contributed by atoms with Gasteiger partial charge in [0.1, 0.15) is 22.7 Å². The number of benzene rings is 1. The number of aryl methyl sites for hydroxylation is 1. The molecule has 1 aromatic carbocycles. The van der Waals surface area contributed by atoms with Gasteiger partial charge in [-0.25, -0.2) is 9.59 Å². The molecular formula is C15H16O6. The molecule has 2 rings (SSSR count). The number of carbonyl (C=O) groups excluding carboxylic acids is 2. The molecule has 1 unspecified atom stereocenters. The molecule has 112 valence electrons. The summed E-state index contributed by atoms with van der Waals surface area (Å²) in [5.74, 6) is -0.0579. The van der Waals surface area contributed by atoms with Crippen molar-refractivity contribution in [2.75, 3.05) is 14.2 Å². The molecule has 1 heterocycles. The molecule has 6 nitrogen and oxygen atoms in total. The fourth-order valence-electron chi connectivity index (χ4n) is 2.05. The number of methoxy groups -OCH3 is 2. The van der Waals surface area contributed by atoms with Crippen molar-refractivity contribution in [3.63, 3.8) is 0 Å². The summed E-state index contributed by atoms with van der Waals surface area (Å²) in [5.41, 5.74) is 0.898. The first-order valence-electron chi connectivity index (χ1n) is 6.34. The van der Waals surface area contributed by atoms with E-state index in [-0.39, 0.29) is 0 Å². The number of esters is 2. The van der Waals surface area contributed by atoms with Gasteiger partial charge < -0.3 is 18.6 Å². The number of fused-ring (bicyclic) bond motifs is 1. The van der Waals surface area contributed by atoms with E-state index in [0.29, 0.717) is 28.0 Å². The van der Waals surface area contributed by atoms with Crippen LogP contribution < -0.4 is 4.74 Å². The van der Waals surface area contributed by atoms with Crippen LogP contribution >= 0.6 is 0 Å². The van der Waals surface area contributed by atoms with Gasteiger partial charge in [-0.2, -0.15) is 0 Å². The van der Waals surface area contributed by atoms with Gasteiger partial charge in [0, 0.05) is 5.39 Å². The lowest BCUT2D eigenvalue weighted by Crippen LogP contribution is -2.24. The second-order valence-corrected chi connectivity index (χ2v) is 4.47. The molecule has 0 N–H and O–H groups in total. The lowest BCUT2D eigenvalue weighted by molar-refractivity contribution is -0.147. The van der Waals surface area contributed by atoms with E-state index in [2.05, 4.69) is 4.74 Å². The third-order valence-corrected chi connectivity index (χ3v) is 3.07. The zero-order chi connectivity index (χ0) is 15.6. The quantitative estimate of drug-likeness (QED) is 0.806. The average molecular weight is 292 g/mol. The van der Waals surface area contributed by atoms with Crippen molar-refractivity contribution in [3.8, 4) is 5.75 Å². The Morgan fingerprint density at radius 2 is 1.90 bits per heavy atom. The Kier molecular flexibility index (Phi) is 4.16. The number of hydrogen-bond acceptors (Lipinski definition) is 6. The molecule has 1 aromatic heterocycles. The van der Waals surface area contributed by atoms with Crippen molar-refractivity contribution in [2.24, 2.45) is 0 Å². The van der Waals surface area contributed by atoms with Gasteiger partial charge in [0.2, 0.25) is 0 Å². The molecule has 6 heteroatoms. The van der Waals surface area contributed by atoms with E-state index in [1.165, 1.54) is 14.2 Å². The monoisotopic (exact) mass is 292 g/mol. The number of furan rings is 1. The first kappa shape index (κ1) is 14.9. The highest BCUT2D eigenvalue weighted by Crippen LogP contribution is 2.30. The van der Waals surface area contributed by atoms with Crippen LogP contribution in [0.3, 0.4) is 0 Å². The van der Waals surface area contributed by atoms with Crippen LogP contribution in [0.4, 0.5) is 0 Å². The van der Waals surface area contributed by atoms with E-state index in [9.17, 15) is 9.59 Å². The summed E-state index contributed by atoms with van der Waals surface area (Å²) in [5, 5.41) is 0.578. The molecule has 2 aromatic rings. The number of carbonyl (C=O) groups is 2. The van der Waals surface area contributed by atoms with E-state index in [1.54, 1.807) is 32.0 Å². The summed E-state index contributed by atoms with van der Waals surface area (Å²) in [6, 6.07) is 4.97. The summed E-state index contributed by atoms with van der Waals surface area (Å²) >= 11 is 0. The van der Waals surface area contributed by atoms with Gasteiger partial charge in [-0.1, -0.05) is 0 Å². The van der Waals surface area contributed by atoms with Crippen molar-refractivity contribution >= 4 is 22.9 Å². The molecule has 0 amide bonds. The van der Waals surface area contributed by atoms with Crippen LogP contribution in [0, 0.1) is 6.92 Å². The third kappa shape index (κ3) is 2.84. The Hall–Kier alpha value is -2.50. The first-order chi connectivity index (χ1) is 9.97. The Morgan fingerprint density at radius 3 is 2.52 bits per heavy atom. The van der Waals surface area contributed by atoms with Crippen LogP contribution in [0.2, 0.25) is 0 Å². The molecule has 0 saturated heterocycles. The lowest BCUT2D eigenvalue weighted by Gasteiger charge is -2.12. The fourth-order valence-corrected chi connectivity index (χ4v) is 2.05. The minimum atomic E-state index is -0.748. The molecule has 0 aliphatic rings. The van der Waals surface area contributed by atoms with Crippen LogP contribution in [-0.4, -0.2) is 32.3 Å². The maximum atomic E-state index is 11.8. The third-order valence-electron chi connectivity index (χ3n) is 3.07. The maximum Gasteiger partial charge on any atom is 0.346 e. The Labute approximate surface area is 121 Å². The highest BCUT2D eigenvalue weighted by atomic mass is 16.6. The highest BCUT2D eigenvalue weighted by Gasteiger charge is 2.20. The maximum absolute atomic E-state index is 11.8. The van der Waals surface area contributed by atoms with Crippen molar-refractivity contribution in [2.45, 2.75) is 20.0 Å². The molecule has 0 aliphatic carbocycles. The fraction of sp³-hybridized carbons (Fsp3) is 0.333. The SMILES string of the molecule is COC(=O)c1c(C)oc2ccc(OC(C)C(=O)OC)cc12. The molecule has 0 spiro atoms. The van der Waals surface area contributed by atoms with Crippen LogP contribution in [0.15, 0.2) is 22.6 Å². The zero-order valence-electron chi connectivity index (χ0n) is 12.3. The molecule has 0 saturated carbocycles. The Morgan fingerprint density at radius 1 is 1.19 bits per heavy atom. The van der Waals surface area contributed by atoms with Crippen molar-refractivity contribution in [1.82, 2.24) is 0 Å². The van der Waals surface area contributed by atoms with Crippen molar-refractivity contribution < 1.29 is 28.2 Å². The van der Waals surface area contributed by atoms with Crippen LogP contribution in [0.5, 0.6) is 5.75 Å². The van der Waals surface area contributed by atoms with Gasteiger partial charge in [-0.3, -0.25) is 0 Å². The minimum absolute atomic E-state index is 0.351.